The topological polar surface area (TPSA) is 224 Å². The quantitative estimate of drug-likeness (QED) is 0.0396. The Hall–Kier alpha value is -5.14. The van der Waals surface area contributed by atoms with Gasteiger partial charge in [0, 0.05) is 42.4 Å². The Morgan fingerprint density at radius 2 is 1.70 bits per heavy atom. The van der Waals surface area contributed by atoms with Crippen molar-refractivity contribution in [2.75, 3.05) is 31.6 Å². The maximum atomic E-state index is 13.4. The van der Waals surface area contributed by atoms with Gasteiger partial charge in [0.1, 0.15) is 12.4 Å². The minimum absolute atomic E-state index is 0.00440. The number of nitrogens with one attached hydrogen (secondary N) is 3. The molecule has 5 N–H and O–H groups in total. The van der Waals surface area contributed by atoms with E-state index >= 15 is 0 Å². The summed E-state index contributed by atoms with van der Waals surface area (Å²) in [4.78, 5) is 64.9. The van der Waals surface area contributed by atoms with Crippen LogP contribution in [0.25, 0.3) is 10.4 Å². The number of hydrogen-bond donors (Lipinski definition) is 4. The predicted molar refractivity (Wildman–Crippen MR) is 173 cm³/mol. The Labute approximate surface area is 273 Å². The third kappa shape index (κ3) is 15.6. The van der Waals surface area contributed by atoms with E-state index in [1.54, 1.807) is 50.2 Å². The number of ether oxygens (including phenoxy) is 3. The third-order valence-corrected chi connectivity index (χ3v) is 6.85. The number of carbonyl (C=O) groups is 5. The Balaban J connectivity index is 1.97. The second kappa shape index (κ2) is 20.8. The van der Waals surface area contributed by atoms with Crippen LogP contribution in [-0.2, 0) is 30.5 Å². The molecule has 0 fully saturated rings. The molecule has 0 bridgehead atoms. The van der Waals surface area contributed by atoms with Gasteiger partial charge in [-0.05, 0) is 61.0 Å². The number of rotatable bonds is 20. The predicted octanol–water partition coefficient (Wildman–Crippen LogP) is 4.53. The molecule has 0 unspecified atom stereocenters. The molecule has 2 rings (SSSR count). The molecule has 0 aliphatic carbocycles. The summed E-state index contributed by atoms with van der Waals surface area (Å²) in [6.07, 6.45) is -0.344. The van der Waals surface area contributed by atoms with Gasteiger partial charge >= 0.3 is 12.2 Å². The lowest BCUT2D eigenvalue weighted by molar-refractivity contribution is -0.131. The Bertz CT molecular complexity index is 1380. The highest BCUT2D eigenvalue weighted by molar-refractivity contribution is 5.97. The number of nitrogens with two attached hydrogens (primary N) is 1. The summed E-state index contributed by atoms with van der Waals surface area (Å²) in [6.45, 7) is 6.08. The number of anilines is 1. The van der Waals surface area contributed by atoms with Crippen molar-refractivity contribution in [3.8, 4) is 5.75 Å². The summed E-state index contributed by atoms with van der Waals surface area (Å²) in [6, 6.07) is 12.1. The number of nitrogens with zero attached hydrogens (tertiary/aromatic N) is 3. The van der Waals surface area contributed by atoms with E-state index in [-0.39, 0.29) is 69.8 Å². The van der Waals surface area contributed by atoms with Crippen LogP contribution >= 0.6 is 0 Å². The highest BCUT2D eigenvalue weighted by Gasteiger charge is 2.29. The van der Waals surface area contributed by atoms with Gasteiger partial charge in [-0.2, -0.15) is 0 Å². The Kier molecular flexibility index (Phi) is 16.8. The van der Waals surface area contributed by atoms with Gasteiger partial charge in [-0.25, -0.2) is 9.59 Å². The van der Waals surface area contributed by atoms with Crippen LogP contribution in [0.15, 0.2) is 53.6 Å². The van der Waals surface area contributed by atoms with Crippen molar-refractivity contribution in [3.63, 3.8) is 0 Å². The maximum Gasteiger partial charge on any atom is 0.514 e. The lowest BCUT2D eigenvalue weighted by Crippen LogP contribution is -2.45. The monoisotopic (exact) mass is 653 g/mol. The Morgan fingerprint density at radius 1 is 1.00 bits per heavy atom. The number of hydrogen-bond acceptors (Lipinski definition) is 9. The molecule has 0 aromatic heterocycles. The van der Waals surface area contributed by atoms with E-state index in [0.29, 0.717) is 23.4 Å². The maximum absolute atomic E-state index is 13.4. The highest BCUT2D eigenvalue weighted by Crippen LogP contribution is 2.20. The van der Waals surface area contributed by atoms with Crippen LogP contribution in [-0.4, -0.2) is 62.1 Å². The summed E-state index contributed by atoms with van der Waals surface area (Å²) < 4.78 is 15.6. The zero-order chi connectivity index (χ0) is 34.6. The summed E-state index contributed by atoms with van der Waals surface area (Å²) in [5.74, 6) is -1.76. The summed E-state index contributed by atoms with van der Waals surface area (Å²) in [5.41, 5.74) is 15.6. The number of ketones is 1. The van der Waals surface area contributed by atoms with Gasteiger partial charge in [-0.3, -0.25) is 14.4 Å². The van der Waals surface area contributed by atoms with Gasteiger partial charge < -0.3 is 35.9 Å². The van der Waals surface area contributed by atoms with Crippen molar-refractivity contribution < 1.29 is 38.2 Å². The van der Waals surface area contributed by atoms with E-state index in [2.05, 4.69) is 26.0 Å². The molecular weight excluding hydrogens is 610 g/mol. The number of aryl methyl sites for hydroxylation is 1. The molecule has 47 heavy (non-hydrogen) atoms. The second-order valence-corrected chi connectivity index (χ2v) is 11.0. The SMILES string of the molecule is Cc1ccc(OC(=O)OCc2ccc(NC(=O)[C@H](CCCNC(N)=O)CC(=O)[C@@H](NC(=O)CCOCCN=[N+]=[N-])C(C)C)cc2)cc1. The zero-order valence-corrected chi connectivity index (χ0v) is 26.9. The molecule has 2 aromatic carbocycles. The number of Topliss-reactive ketones (excluding diaryl/α,β-unsaturated/α-hetero) is 1. The first-order chi connectivity index (χ1) is 22.5. The van der Waals surface area contributed by atoms with Crippen LogP contribution in [0.4, 0.5) is 15.3 Å². The van der Waals surface area contributed by atoms with Gasteiger partial charge in [-0.15, -0.1) is 0 Å². The van der Waals surface area contributed by atoms with Gasteiger partial charge in [0.25, 0.3) is 0 Å². The van der Waals surface area contributed by atoms with Crippen LogP contribution in [0.5, 0.6) is 5.75 Å². The number of urea groups is 1. The molecule has 0 heterocycles. The molecule has 4 amide bonds. The minimum atomic E-state index is -0.851. The minimum Gasteiger partial charge on any atom is -0.429 e. The van der Waals surface area contributed by atoms with Gasteiger partial charge in [0.2, 0.25) is 11.8 Å². The van der Waals surface area contributed by atoms with Crippen LogP contribution in [0, 0.1) is 18.8 Å². The third-order valence-electron chi connectivity index (χ3n) is 6.85. The van der Waals surface area contributed by atoms with Gasteiger partial charge in [0.05, 0.1) is 19.3 Å². The van der Waals surface area contributed by atoms with Crippen molar-refractivity contribution in [3.05, 3.63) is 70.1 Å². The van der Waals surface area contributed by atoms with E-state index in [0.717, 1.165) is 5.56 Å². The van der Waals surface area contributed by atoms with Crippen molar-refractivity contribution >= 4 is 35.5 Å². The molecule has 0 saturated carbocycles. The van der Waals surface area contributed by atoms with Crippen LogP contribution in [0.1, 0.15) is 50.7 Å². The van der Waals surface area contributed by atoms with Gasteiger partial charge in [-0.1, -0.05) is 48.8 Å². The Morgan fingerprint density at radius 3 is 2.34 bits per heavy atom. The molecule has 0 aliphatic heterocycles. The molecular formula is C32H43N7O8. The standard InChI is InChI=1S/C32H43N7O8/c1-21(2)29(38-28(41)14-17-45-18-16-36-39-34)27(40)19-24(5-4-15-35-31(33)43)30(42)37-25-10-8-23(9-11-25)20-46-32(44)47-26-12-6-22(3)7-13-26/h6-13,21,24,29H,4-5,14-20H2,1-3H3,(H,37,42)(H,38,41)(H3,33,35,43)/t24-,29+/m1/s1. The molecule has 254 valence electrons. The number of benzene rings is 2. The highest BCUT2D eigenvalue weighted by atomic mass is 16.7. The van der Waals surface area contributed by atoms with Crippen molar-refractivity contribution in [2.24, 2.45) is 22.7 Å². The molecule has 15 heteroatoms. The summed E-state index contributed by atoms with van der Waals surface area (Å²) in [7, 11) is 0. The van der Waals surface area contributed by atoms with E-state index < -0.39 is 30.1 Å². The van der Waals surface area contributed by atoms with Crippen LogP contribution < -0.4 is 26.4 Å². The number of azide groups is 1. The fourth-order valence-corrected chi connectivity index (χ4v) is 4.34. The van der Waals surface area contributed by atoms with Crippen LogP contribution in [0.3, 0.4) is 0 Å². The van der Waals surface area contributed by atoms with Crippen molar-refractivity contribution in [2.45, 2.75) is 59.1 Å². The number of primary amides is 1. The fourth-order valence-electron chi connectivity index (χ4n) is 4.34. The average molecular weight is 654 g/mol. The summed E-state index contributed by atoms with van der Waals surface area (Å²) in [5, 5.41) is 11.4. The van der Waals surface area contributed by atoms with Gasteiger partial charge in [0.15, 0.2) is 5.78 Å². The molecule has 15 nitrogen and oxygen atoms in total. The number of amides is 4. The first kappa shape index (κ1) is 38.0. The average Bonchev–Trinajstić information content (AvgIpc) is 3.03. The first-order valence-corrected chi connectivity index (χ1v) is 15.2. The largest absolute Gasteiger partial charge is 0.514 e. The van der Waals surface area contributed by atoms with Crippen molar-refractivity contribution in [1.29, 1.82) is 0 Å². The fraction of sp³-hybridized carbons (Fsp3) is 0.469. The first-order valence-electron chi connectivity index (χ1n) is 15.2. The normalized spacial score (nSPS) is 11.8. The molecule has 0 spiro atoms. The van der Waals surface area contributed by atoms with E-state index in [4.69, 9.17) is 25.5 Å². The lowest BCUT2D eigenvalue weighted by Gasteiger charge is -2.24. The molecule has 0 aliphatic rings. The summed E-state index contributed by atoms with van der Waals surface area (Å²) >= 11 is 0. The van der Waals surface area contributed by atoms with Crippen LogP contribution in [0.2, 0.25) is 0 Å². The molecule has 0 saturated heterocycles. The number of carbonyl (C=O) groups excluding carboxylic acids is 5. The van der Waals surface area contributed by atoms with E-state index in [1.807, 2.05) is 19.1 Å². The molecule has 2 aromatic rings. The second-order valence-electron chi connectivity index (χ2n) is 11.0. The van der Waals surface area contributed by atoms with E-state index in [9.17, 15) is 24.0 Å². The lowest BCUT2D eigenvalue weighted by atomic mass is 9.89. The van der Waals surface area contributed by atoms with Crippen molar-refractivity contribution in [1.82, 2.24) is 10.6 Å². The zero-order valence-electron chi connectivity index (χ0n) is 26.9. The smallest absolute Gasteiger partial charge is 0.429 e. The molecule has 0 radical (unpaired) electrons. The van der Waals surface area contributed by atoms with E-state index in [1.165, 1.54) is 0 Å². The molecule has 2 atom stereocenters.